The molecule has 1 aromatic rings. The van der Waals surface area contributed by atoms with Crippen LogP contribution in [0.5, 0.6) is 0 Å². The lowest BCUT2D eigenvalue weighted by molar-refractivity contribution is -0.127. The number of hydrazine groups is 1. The summed E-state index contributed by atoms with van der Waals surface area (Å²) in [6.45, 7) is 3.90. The summed E-state index contributed by atoms with van der Waals surface area (Å²) in [6.07, 6.45) is 2.37. The van der Waals surface area contributed by atoms with Gasteiger partial charge in [-0.15, -0.1) is 0 Å². The van der Waals surface area contributed by atoms with Gasteiger partial charge in [0.05, 0.1) is 5.69 Å². The van der Waals surface area contributed by atoms with Crippen molar-refractivity contribution in [2.75, 3.05) is 5.01 Å². The fourth-order valence-corrected chi connectivity index (χ4v) is 1.84. The Labute approximate surface area is 106 Å². The highest BCUT2D eigenvalue weighted by Crippen LogP contribution is 2.22. The maximum Gasteiger partial charge on any atom is 0.258 e. The highest BCUT2D eigenvalue weighted by atomic mass is 16.2. The van der Waals surface area contributed by atoms with Crippen molar-refractivity contribution >= 4 is 17.5 Å². The Bertz CT molecular complexity index is 490. The van der Waals surface area contributed by atoms with E-state index in [1.165, 1.54) is 5.01 Å². The van der Waals surface area contributed by atoms with Crippen LogP contribution in [0.4, 0.5) is 5.69 Å². The normalized spacial score (nSPS) is 18.8. The first kappa shape index (κ1) is 12.4. The van der Waals surface area contributed by atoms with Crippen LogP contribution in [0.2, 0.25) is 0 Å². The van der Waals surface area contributed by atoms with E-state index in [0.717, 1.165) is 5.57 Å². The van der Waals surface area contributed by atoms with Crippen LogP contribution in [0, 0.1) is 5.92 Å². The fraction of sp³-hybridized carbons (Fsp3) is 0.286. The van der Waals surface area contributed by atoms with Gasteiger partial charge < -0.3 is 0 Å². The van der Waals surface area contributed by atoms with Gasteiger partial charge in [0, 0.05) is 0 Å². The van der Waals surface area contributed by atoms with Crippen LogP contribution in [-0.2, 0) is 9.59 Å². The summed E-state index contributed by atoms with van der Waals surface area (Å²) < 4.78 is 0. The molecule has 2 amide bonds. The number of rotatable bonds is 3. The zero-order valence-corrected chi connectivity index (χ0v) is 10.5. The molecule has 0 radical (unpaired) electrons. The summed E-state index contributed by atoms with van der Waals surface area (Å²) in [6, 6.07) is 9.12. The molecule has 0 bridgehead atoms. The van der Waals surface area contributed by atoms with E-state index in [9.17, 15) is 9.59 Å². The number of para-hydroxylation sites is 1. The molecule has 0 aromatic heterocycles. The fourth-order valence-electron chi connectivity index (χ4n) is 1.84. The van der Waals surface area contributed by atoms with Gasteiger partial charge in [0.2, 0.25) is 0 Å². The Morgan fingerprint density at radius 1 is 1.28 bits per heavy atom. The first-order valence-electron chi connectivity index (χ1n) is 5.92. The summed E-state index contributed by atoms with van der Waals surface area (Å²) in [7, 11) is 0. The minimum absolute atomic E-state index is 0.191. The summed E-state index contributed by atoms with van der Waals surface area (Å²) in [5, 5.41) is 1.33. The molecule has 1 aromatic carbocycles. The maximum atomic E-state index is 12.1. The molecule has 1 saturated heterocycles. The molecule has 0 aliphatic carbocycles. The maximum absolute atomic E-state index is 12.1. The first-order valence-corrected chi connectivity index (χ1v) is 5.92. The van der Waals surface area contributed by atoms with Crippen molar-refractivity contribution in [1.29, 1.82) is 0 Å². The third kappa shape index (κ3) is 2.42. The number of hydrogen-bond donors (Lipinski definition) is 1. The van der Waals surface area contributed by atoms with Crippen LogP contribution in [0.15, 0.2) is 42.0 Å². The van der Waals surface area contributed by atoms with Gasteiger partial charge in [-0.25, -0.2) is 5.01 Å². The van der Waals surface area contributed by atoms with E-state index in [4.69, 9.17) is 0 Å². The SMILES string of the molecule is CC(C)=CCC1C(=O)NN(c2ccccc2)C1=O. The van der Waals surface area contributed by atoms with Gasteiger partial charge in [0.15, 0.2) is 0 Å². The highest BCUT2D eigenvalue weighted by molar-refractivity contribution is 6.14. The van der Waals surface area contributed by atoms with Crippen LogP contribution in [-0.4, -0.2) is 11.8 Å². The summed E-state index contributed by atoms with van der Waals surface area (Å²) >= 11 is 0. The van der Waals surface area contributed by atoms with Crippen LogP contribution in [0.25, 0.3) is 0 Å². The van der Waals surface area contributed by atoms with Gasteiger partial charge in [-0.1, -0.05) is 29.8 Å². The van der Waals surface area contributed by atoms with Crippen molar-refractivity contribution in [3.8, 4) is 0 Å². The number of nitrogens with zero attached hydrogens (tertiary/aromatic N) is 1. The zero-order chi connectivity index (χ0) is 13.1. The Kier molecular flexibility index (Phi) is 3.46. The number of allylic oxidation sites excluding steroid dienone is 2. The Morgan fingerprint density at radius 3 is 2.56 bits per heavy atom. The van der Waals surface area contributed by atoms with E-state index in [1.807, 2.05) is 38.1 Å². The zero-order valence-electron chi connectivity index (χ0n) is 10.5. The molecule has 4 heteroatoms. The number of carbonyl (C=O) groups is 2. The van der Waals surface area contributed by atoms with E-state index in [0.29, 0.717) is 12.1 Å². The summed E-state index contributed by atoms with van der Waals surface area (Å²) in [5.74, 6) is -1.04. The van der Waals surface area contributed by atoms with Crippen LogP contribution in [0.1, 0.15) is 20.3 Å². The predicted molar refractivity (Wildman–Crippen MR) is 69.6 cm³/mol. The smallest absolute Gasteiger partial charge is 0.258 e. The lowest BCUT2D eigenvalue weighted by atomic mass is 10.0. The standard InChI is InChI=1S/C14H16N2O2/c1-10(2)8-9-12-13(17)15-16(14(12)18)11-6-4-3-5-7-11/h3-8,12H,9H2,1-2H3,(H,15,17). The molecule has 0 spiro atoms. The summed E-state index contributed by atoms with van der Waals surface area (Å²) in [5.41, 5.74) is 4.41. The number of hydrogen-bond acceptors (Lipinski definition) is 2. The van der Waals surface area contributed by atoms with Gasteiger partial charge >= 0.3 is 0 Å². The number of amides is 2. The lowest BCUT2D eigenvalue weighted by Gasteiger charge is -2.14. The lowest BCUT2D eigenvalue weighted by Crippen LogP contribution is -2.35. The largest absolute Gasteiger partial charge is 0.272 e. The quantitative estimate of drug-likeness (QED) is 0.653. The van der Waals surface area contributed by atoms with Gasteiger partial charge in [0.1, 0.15) is 5.92 Å². The van der Waals surface area contributed by atoms with E-state index < -0.39 is 5.92 Å². The van der Waals surface area contributed by atoms with E-state index >= 15 is 0 Å². The molecule has 18 heavy (non-hydrogen) atoms. The minimum Gasteiger partial charge on any atom is -0.272 e. The van der Waals surface area contributed by atoms with Crippen LogP contribution >= 0.6 is 0 Å². The number of benzene rings is 1. The number of anilines is 1. The Morgan fingerprint density at radius 2 is 1.94 bits per heavy atom. The minimum atomic E-state index is -0.611. The molecule has 94 valence electrons. The average molecular weight is 244 g/mol. The second-order valence-corrected chi connectivity index (χ2v) is 4.56. The molecular formula is C14H16N2O2. The van der Waals surface area contributed by atoms with Gasteiger partial charge in [-0.2, -0.15) is 0 Å². The van der Waals surface area contributed by atoms with Gasteiger partial charge in [-0.3, -0.25) is 15.0 Å². The van der Waals surface area contributed by atoms with Gasteiger partial charge in [0.25, 0.3) is 11.8 Å². The van der Waals surface area contributed by atoms with Crippen LogP contribution < -0.4 is 10.4 Å². The van der Waals surface area contributed by atoms with Crippen molar-refractivity contribution in [1.82, 2.24) is 5.43 Å². The molecule has 1 unspecified atom stereocenters. The number of carbonyl (C=O) groups excluding carboxylic acids is 2. The Hall–Kier alpha value is -2.10. The topological polar surface area (TPSA) is 49.4 Å². The molecule has 1 aliphatic heterocycles. The van der Waals surface area contributed by atoms with Crippen molar-refractivity contribution in [3.63, 3.8) is 0 Å². The predicted octanol–water partition coefficient (Wildman–Crippen LogP) is 2.04. The average Bonchev–Trinajstić information content (AvgIpc) is 2.63. The van der Waals surface area contributed by atoms with Crippen LogP contribution in [0.3, 0.4) is 0 Å². The van der Waals surface area contributed by atoms with Crippen molar-refractivity contribution < 1.29 is 9.59 Å². The number of nitrogens with one attached hydrogen (secondary N) is 1. The molecule has 1 N–H and O–H groups in total. The molecule has 1 heterocycles. The second kappa shape index (κ2) is 5.04. The van der Waals surface area contributed by atoms with Crippen molar-refractivity contribution in [3.05, 3.63) is 42.0 Å². The molecule has 0 saturated carbocycles. The first-order chi connectivity index (χ1) is 8.59. The monoisotopic (exact) mass is 244 g/mol. The third-order valence-electron chi connectivity index (χ3n) is 2.83. The van der Waals surface area contributed by atoms with Gasteiger partial charge in [-0.05, 0) is 32.4 Å². The molecule has 4 nitrogen and oxygen atoms in total. The van der Waals surface area contributed by atoms with E-state index in [1.54, 1.807) is 12.1 Å². The van der Waals surface area contributed by atoms with Crippen molar-refractivity contribution in [2.24, 2.45) is 5.92 Å². The second-order valence-electron chi connectivity index (χ2n) is 4.56. The molecular weight excluding hydrogens is 228 g/mol. The van der Waals surface area contributed by atoms with E-state index in [2.05, 4.69) is 5.43 Å². The van der Waals surface area contributed by atoms with E-state index in [-0.39, 0.29) is 11.8 Å². The molecule has 1 aliphatic rings. The molecule has 2 rings (SSSR count). The van der Waals surface area contributed by atoms with Crippen molar-refractivity contribution in [2.45, 2.75) is 20.3 Å². The summed E-state index contributed by atoms with van der Waals surface area (Å²) in [4.78, 5) is 23.9. The highest BCUT2D eigenvalue weighted by Gasteiger charge is 2.38. The molecule has 1 fully saturated rings. The molecule has 1 atom stereocenters. The third-order valence-corrected chi connectivity index (χ3v) is 2.83. The Balaban J connectivity index is 2.17.